The highest BCUT2D eigenvalue weighted by Crippen LogP contribution is 2.31. The standard InChI is InChI=1S/C29H26O5/c1-32-24-14-10-22(11-15-24)28(19-29(30)31)23-12-16-25(17-13-23)33-20-21-6-5-9-27(18-21)34-26-7-3-2-4-8-26/h2-18,28H,19-20H2,1H3,(H,30,31). The molecule has 4 rings (SSSR count). The highest BCUT2D eigenvalue weighted by molar-refractivity contribution is 5.69. The zero-order chi connectivity index (χ0) is 23.8. The molecule has 4 aromatic rings. The van der Waals surface area contributed by atoms with Gasteiger partial charge in [0, 0.05) is 5.92 Å². The number of carboxylic acids is 1. The van der Waals surface area contributed by atoms with E-state index in [0.717, 1.165) is 33.9 Å². The first-order chi connectivity index (χ1) is 16.6. The van der Waals surface area contributed by atoms with Crippen molar-refractivity contribution in [2.45, 2.75) is 18.9 Å². The van der Waals surface area contributed by atoms with Crippen molar-refractivity contribution in [2.75, 3.05) is 7.11 Å². The molecule has 4 aromatic carbocycles. The Balaban J connectivity index is 1.42. The van der Waals surface area contributed by atoms with E-state index in [-0.39, 0.29) is 12.3 Å². The van der Waals surface area contributed by atoms with E-state index < -0.39 is 5.97 Å². The molecule has 1 atom stereocenters. The topological polar surface area (TPSA) is 65.0 Å². The maximum Gasteiger partial charge on any atom is 0.304 e. The molecule has 0 aliphatic carbocycles. The van der Waals surface area contributed by atoms with E-state index in [1.165, 1.54) is 0 Å². The molecule has 5 nitrogen and oxygen atoms in total. The second kappa shape index (κ2) is 11.1. The Hall–Kier alpha value is -4.25. The van der Waals surface area contributed by atoms with E-state index in [1.54, 1.807) is 7.11 Å². The number of hydrogen-bond acceptors (Lipinski definition) is 4. The molecule has 0 aliphatic rings. The van der Waals surface area contributed by atoms with Crippen LogP contribution in [0.25, 0.3) is 0 Å². The Morgan fingerprint density at radius 1 is 0.735 bits per heavy atom. The summed E-state index contributed by atoms with van der Waals surface area (Å²) < 4.78 is 17.1. The van der Waals surface area contributed by atoms with Crippen LogP contribution in [0.1, 0.15) is 29.0 Å². The van der Waals surface area contributed by atoms with Crippen molar-refractivity contribution >= 4 is 5.97 Å². The largest absolute Gasteiger partial charge is 0.497 e. The first kappa shape index (κ1) is 22.9. The Morgan fingerprint density at radius 3 is 1.97 bits per heavy atom. The van der Waals surface area contributed by atoms with E-state index in [4.69, 9.17) is 14.2 Å². The van der Waals surface area contributed by atoms with Crippen LogP contribution in [-0.4, -0.2) is 18.2 Å². The fourth-order valence-corrected chi connectivity index (χ4v) is 3.73. The van der Waals surface area contributed by atoms with Crippen molar-refractivity contribution in [3.05, 3.63) is 120 Å². The quantitative estimate of drug-likeness (QED) is 0.290. The third kappa shape index (κ3) is 6.17. The summed E-state index contributed by atoms with van der Waals surface area (Å²) in [5, 5.41) is 9.43. The molecule has 0 aromatic heterocycles. The summed E-state index contributed by atoms with van der Waals surface area (Å²) in [5.41, 5.74) is 2.82. The maximum atomic E-state index is 11.5. The van der Waals surface area contributed by atoms with Gasteiger partial charge in [0.15, 0.2) is 0 Å². The van der Waals surface area contributed by atoms with Gasteiger partial charge < -0.3 is 19.3 Å². The Bertz CT molecular complexity index is 1200. The van der Waals surface area contributed by atoms with Gasteiger partial charge >= 0.3 is 5.97 Å². The van der Waals surface area contributed by atoms with Crippen molar-refractivity contribution in [3.63, 3.8) is 0 Å². The van der Waals surface area contributed by atoms with Gasteiger partial charge in [0.05, 0.1) is 13.5 Å². The predicted octanol–water partition coefficient (Wildman–Crippen LogP) is 6.67. The van der Waals surface area contributed by atoms with Gasteiger partial charge in [-0.3, -0.25) is 4.79 Å². The fourth-order valence-electron chi connectivity index (χ4n) is 3.73. The molecule has 0 spiro atoms. The molecule has 34 heavy (non-hydrogen) atoms. The highest BCUT2D eigenvalue weighted by atomic mass is 16.5. The zero-order valence-electron chi connectivity index (χ0n) is 18.9. The van der Waals surface area contributed by atoms with Gasteiger partial charge in [-0.2, -0.15) is 0 Å². The van der Waals surface area contributed by atoms with Crippen LogP contribution in [0.4, 0.5) is 0 Å². The first-order valence-corrected chi connectivity index (χ1v) is 11.0. The number of aliphatic carboxylic acids is 1. The van der Waals surface area contributed by atoms with Gasteiger partial charge in [-0.25, -0.2) is 0 Å². The van der Waals surface area contributed by atoms with Crippen LogP contribution in [-0.2, 0) is 11.4 Å². The second-order valence-electron chi connectivity index (χ2n) is 7.84. The summed E-state index contributed by atoms with van der Waals surface area (Å²) in [6, 6.07) is 32.5. The molecule has 0 radical (unpaired) electrons. The van der Waals surface area contributed by atoms with Gasteiger partial charge in [0.25, 0.3) is 0 Å². The van der Waals surface area contributed by atoms with E-state index in [2.05, 4.69) is 0 Å². The molecule has 0 amide bonds. The van der Waals surface area contributed by atoms with Crippen molar-refractivity contribution in [2.24, 2.45) is 0 Å². The minimum absolute atomic E-state index is 0.000733. The molecular formula is C29H26O5. The minimum Gasteiger partial charge on any atom is -0.497 e. The number of hydrogen-bond donors (Lipinski definition) is 1. The smallest absolute Gasteiger partial charge is 0.304 e. The van der Waals surface area contributed by atoms with Crippen LogP contribution in [0.2, 0.25) is 0 Å². The normalized spacial score (nSPS) is 11.4. The maximum absolute atomic E-state index is 11.5. The number of para-hydroxylation sites is 1. The monoisotopic (exact) mass is 454 g/mol. The van der Waals surface area contributed by atoms with Gasteiger partial charge in [-0.1, -0.05) is 54.6 Å². The predicted molar refractivity (Wildman–Crippen MR) is 131 cm³/mol. The first-order valence-electron chi connectivity index (χ1n) is 11.0. The van der Waals surface area contributed by atoms with Crippen molar-refractivity contribution < 1.29 is 24.1 Å². The summed E-state index contributed by atoms with van der Waals surface area (Å²) in [6.07, 6.45) is 0.000733. The summed E-state index contributed by atoms with van der Waals surface area (Å²) in [6.45, 7) is 0.391. The van der Waals surface area contributed by atoms with Crippen LogP contribution in [0.15, 0.2) is 103 Å². The van der Waals surface area contributed by atoms with Crippen molar-refractivity contribution in [3.8, 4) is 23.0 Å². The molecule has 0 fully saturated rings. The highest BCUT2D eigenvalue weighted by Gasteiger charge is 2.18. The van der Waals surface area contributed by atoms with Crippen LogP contribution >= 0.6 is 0 Å². The number of benzene rings is 4. The number of carbonyl (C=O) groups is 1. The van der Waals surface area contributed by atoms with Crippen molar-refractivity contribution in [1.82, 2.24) is 0 Å². The van der Waals surface area contributed by atoms with Crippen LogP contribution in [0.5, 0.6) is 23.0 Å². The molecule has 0 saturated carbocycles. The molecule has 1 N–H and O–H groups in total. The number of ether oxygens (including phenoxy) is 3. The molecule has 0 bridgehead atoms. The van der Waals surface area contributed by atoms with Crippen LogP contribution in [0, 0.1) is 0 Å². The lowest BCUT2D eigenvalue weighted by Gasteiger charge is -2.17. The average molecular weight is 455 g/mol. The lowest BCUT2D eigenvalue weighted by Crippen LogP contribution is -2.08. The molecule has 5 heteroatoms. The Labute approximate surface area is 199 Å². The SMILES string of the molecule is COc1ccc(C(CC(=O)O)c2ccc(OCc3cccc(Oc4ccccc4)c3)cc2)cc1. The van der Waals surface area contributed by atoms with Gasteiger partial charge in [0.1, 0.15) is 29.6 Å². The summed E-state index contributed by atoms with van der Waals surface area (Å²) in [5.74, 6) is 1.87. The Kier molecular flexibility index (Phi) is 7.45. The molecular weight excluding hydrogens is 428 g/mol. The summed E-state index contributed by atoms with van der Waals surface area (Å²) in [4.78, 5) is 11.5. The number of methoxy groups -OCH3 is 1. The van der Waals surface area contributed by atoms with Crippen molar-refractivity contribution in [1.29, 1.82) is 0 Å². The summed E-state index contributed by atoms with van der Waals surface area (Å²) in [7, 11) is 1.61. The number of carboxylic acid groups (broad SMARTS) is 1. The number of rotatable bonds is 10. The van der Waals surface area contributed by atoms with Gasteiger partial charge in [0.2, 0.25) is 0 Å². The van der Waals surface area contributed by atoms with Crippen LogP contribution < -0.4 is 14.2 Å². The lowest BCUT2D eigenvalue weighted by atomic mass is 9.88. The van der Waals surface area contributed by atoms with E-state index in [9.17, 15) is 9.90 Å². The van der Waals surface area contributed by atoms with E-state index >= 15 is 0 Å². The molecule has 0 aliphatic heterocycles. The third-order valence-electron chi connectivity index (χ3n) is 5.46. The van der Waals surface area contributed by atoms with Gasteiger partial charge in [-0.15, -0.1) is 0 Å². The van der Waals surface area contributed by atoms with E-state index in [1.807, 2.05) is 103 Å². The second-order valence-corrected chi connectivity index (χ2v) is 7.84. The molecule has 1 unspecified atom stereocenters. The Morgan fingerprint density at radius 2 is 1.35 bits per heavy atom. The lowest BCUT2D eigenvalue weighted by molar-refractivity contribution is -0.137. The summed E-state index contributed by atoms with van der Waals surface area (Å²) >= 11 is 0. The third-order valence-corrected chi connectivity index (χ3v) is 5.46. The minimum atomic E-state index is -0.848. The average Bonchev–Trinajstić information content (AvgIpc) is 2.87. The molecule has 0 saturated heterocycles. The molecule has 172 valence electrons. The fraction of sp³-hybridized carbons (Fsp3) is 0.138. The zero-order valence-corrected chi connectivity index (χ0v) is 18.9. The molecule has 0 heterocycles. The van der Waals surface area contributed by atoms with Gasteiger partial charge in [-0.05, 0) is 65.2 Å². The van der Waals surface area contributed by atoms with Crippen LogP contribution in [0.3, 0.4) is 0 Å². The van der Waals surface area contributed by atoms with E-state index in [0.29, 0.717) is 12.4 Å².